The zero-order valence-corrected chi connectivity index (χ0v) is 11.2. The van der Waals surface area contributed by atoms with Crippen LogP contribution in [-0.2, 0) is 0 Å². The summed E-state index contributed by atoms with van der Waals surface area (Å²) in [6.45, 7) is 3.18. The van der Waals surface area contributed by atoms with Crippen molar-refractivity contribution < 1.29 is 32.4 Å². The van der Waals surface area contributed by atoms with Gasteiger partial charge in [-0.1, -0.05) is 0 Å². The van der Waals surface area contributed by atoms with Crippen molar-refractivity contribution in [3.05, 3.63) is 27.8 Å². The van der Waals surface area contributed by atoms with Crippen LogP contribution in [0.2, 0.25) is 0 Å². The van der Waals surface area contributed by atoms with Gasteiger partial charge in [0.25, 0.3) is 5.78 Å². The molecule has 0 heterocycles. The third kappa shape index (κ3) is 3.83. The summed E-state index contributed by atoms with van der Waals surface area (Å²) in [6.07, 6.45) is -5.13. The van der Waals surface area contributed by atoms with Crippen molar-refractivity contribution >= 4 is 11.5 Å². The van der Waals surface area contributed by atoms with Crippen LogP contribution in [0.5, 0.6) is 11.5 Å². The number of carbonyl (C=O) groups is 1. The number of hydrogen-bond acceptors (Lipinski definition) is 5. The van der Waals surface area contributed by atoms with E-state index in [1.165, 1.54) is 0 Å². The molecule has 1 aromatic rings. The molecule has 0 spiro atoms. The first-order chi connectivity index (χ1) is 9.72. The molecule has 1 aromatic carbocycles. The number of rotatable bonds is 6. The van der Waals surface area contributed by atoms with E-state index >= 15 is 0 Å². The molecule has 21 heavy (non-hydrogen) atoms. The Morgan fingerprint density at radius 3 is 2.24 bits per heavy atom. The van der Waals surface area contributed by atoms with Crippen LogP contribution in [0.1, 0.15) is 24.2 Å². The molecule has 0 radical (unpaired) electrons. The minimum Gasteiger partial charge on any atom is -0.490 e. The number of nitrogens with zero attached hydrogens (tertiary/aromatic N) is 1. The van der Waals surface area contributed by atoms with Crippen LogP contribution in [-0.4, -0.2) is 30.1 Å². The predicted octanol–water partition coefficient (Wildman–Crippen LogP) is 3.14. The average molecular weight is 307 g/mol. The van der Waals surface area contributed by atoms with E-state index in [4.69, 9.17) is 9.47 Å². The third-order valence-electron chi connectivity index (χ3n) is 2.34. The molecule has 6 nitrogen and oxygen atoms in total. The number of hydrogen-bond donors (Lipinski definition) is 0. The topological polar surface area (TPSA) is 78.7 Å². The van der Waals surface area contributed by atoms with Gasteiger partial charge in [0, 0.05) is 11.6 Å². The van der Waals surface area contributed by atoms with E-state index in [1.807, 2.05) is 0 Å². The Hall–Kier alpha value is -2.32. The molecule has 9 heteroatoms. The van der Waals surface area contributed by atoms with Crippen molar-refractivity contribution in [3.8, 4) is 11.5 Å². The molecule has 0 fully saturated rings. The lowest BCUT2D eigenvalue weighted by Crippen LogP contribution is -2.23. The molecule has 0 aliphatic heterocycles. The molecule has 0 saturated heterocycles. The second kappa shape index (κ2) is 6.42. The number of ketones is 1. The summed E-state index contributed by atoms with van der Waals surface area (Å²) in [5, 5.41) is 11.0. The van der Waals surface area contributed by atoms with Crippen LogP contribution in [0.25, 0.3) is 0 Å². The largest absolute Gasteiger partial charge is 0.490 e. The second-order valence-electron chi connectivity index (χ2n) is 3.77. The lowest BCUT2D eigenvalue weighted by molar-refractivity contribution is -0.386. The Balaban J connectivity index is 3.50. The minimum atomic E-state index is -5.13. The number of nitro groups is 1. The number of nitro benzene ring substituents is 1. The van der Waals surface area contributed by atoms with Crippen molar-refractivity contribution in [2.45, 2.75) is 20.0 Å². The number of ether oxygens (including phenoxy) is 2. The van der Waals surface area contributed by atoms with Crippen molar-refractivity contribution in [3.63, 3.8) is 0 Å². The first-order valence-corrected chi connectivity index (χ1v) is 5.91. The molecule has 0 aromatic heterocycles. The third-order valence-corrected chi connectivity index (χ3v) is 2.34. The van der Waals surface area contributed by atoms with E-state index in [0.29, 0.717) is 6.07 Å². The highest BCUT2D eigenvalue weighted by Gasteiger charge is 2.41. The molecular weight excluding hydrogens is 295 g/mol. The highest BCUT2D eigenvalue weighted by Crippen LogP contribution is 2.39. The molecule has 0 amide bonds. The highest BCUT2D eigenvalue weighted by molar-refractivity contribution is 6.01. The Labute approximate surface area is 117 Å². The average Bonchev–Trinajstić information content (AvgIpc) is 2.38. The van der Waals surface area contributed by atoms with E-state index in [1.54, 1.807) is 13.8 Å². The maximum atomic E-state index is 12.4. The fourth-order valence-electron chi connectivity index (χ4n) is 1.57. The molecule has 0 aliphatic carbocycles. The Kier molecular flexibility index (Phi) is 5.12. The van der Waals surface area contributed by atoms with Gasteiger partial charge in [0.2, 0.25) is 5.75 Å². The summed E-state index contributed by atoms with van der Waals surface area (Å²) < 4.78 is 47.4. The van der Waals surface area contributed by atoms with Crippen LogP contribution >= 0.6 is 0 Å². The van der Waals surface area contributed by atoms with Gasteiger partial charge >= 0.3 is 11.9 Å². The SMILES string of the molecule is CCOc1cc(C(=O)C(F)(F)F)cc([N+](=O)[O-])c1OCC. The highest BCUT2D eigenvalue weighted by atomic mass is 19.4. The summed E-state index contributed by atoms with van der Waals surface area (Å²) in [4.78, 5) is 21.2. The van der Waals surface area contributed by atoms with E-state index in [0.717, 1.165) is 6.07 Å². The molecule has 116 valence electrons. The van der Waals surface area contributed by atoms with Gasteiger partial charge in [-0.25, -0.2) is 0 Å². The number of benzene rings is 1. The fourth-order valence-corrected chi connectivity index (χ4v) is 1.57. The van der Waals surface area contributed by atoms with Crippen molar-refractivity contribution in [1.82, 2.24) is 0 Å². The molecule has 1 rings (SSSR count). The minimum absolute atomic E-state index is 0.0425. The maximum Gasteiger partial charge on any atom is 0.454 e. The van der Waals surface area contributed by atoms with Crippen molar-refractivity contribution in [2.75, 3.05) is 13.2 Å². The van der Waals surface area contributed by atoms with Gasteiger partial charge in [-0.2, -0.15) is 13.2 Å². The fraction of sp³-hybridized carbons (Fsp3) is 0.417. The van der Waals surface area contributed by atoms with E-state index in [-0.39, 0.29) is 24.7 Å². The summed E-state index contributed by atoms with van der Waals surface area (Å²) in [5.41, 5.74) is -1.63. The predicted molar refractivity (Wildman–Crippen MR) is 65.8 cm³/mol. The molecule has 0 atom stereocenters. The molecule has 0 saturated carbocycles. The number of Topliss-reactive ketones (excluding diaryl/α,β-unsaturated/α-hetero) is 1. The van der Waals surface area contributed by atoms with Gasteiger partial charge in [0.1, 0.15) is 0 Å². The van der Waals surface area contributed by atoms with Crippen LogP contribution in [0.15, 0.2) is 12.1 Å². The number of alkyl halides is 3. The van der Waals surface area contributed by atoms with E-state index in [9.17, 15) is 28.1 Å². The Morgan fingerprint density at radius 1 is 1.24 bits per heavy atom. The molecule has 0 bridgehead atoms. The molecule has 0 aliphatic rings. The lowest BCUT2D eigenvalue weighted by Gasteiger charge is -2.13. The summed E-state index contributed by atoms with van der Waals surface area (Å²) in [7, 11) is 0. The zero-order chi connectivity index (χ0) is 16.2. The van der Waals surface area contributed by atoms with Gasteiger partial charge in [-0.15, -0.1) is 0 Å². The zero-order valence-electron chi connectivity index (χ0n) is 11.2. The van der Waals surface area contributed by atoms with Gasteiger partial charge in [0.15, 0.2) is 5.75 Å². The van der Waals surface area contributed by atoms with E-state index in [2.05, 4.69) is 0 Å². The van der Waals surface area contributed by atoms with Crippen LogP contribution in [0.3, 0.4) is 0 Å². The molecule has 0 N–H and O–H groups in total. The van der Waals surface area contributed by atoms with Gasteiger partial charge in [-0.05, 0) is 19.9 Å². The quantitative estimate of drug-likeness (QED) is 0.458. The van der Waals surface area contributed by atoms with Crippen molar-refractivity contribution in [2.24, 2.45) is 0 Å². The first-order valence-electron chi connectivity index (χ1n) is 5.91. The lowest BCUT2D eigenvalue weighted by atomic mass is 10.1. The molecular formula is C12H12F3NO5. The summed E-state index contributed by atoms with van der Waals surface area (Å²) in [5.74, 6) is -2.76. The number of halogens is 3. The molecule has 0 unspecified atom stereocenters. The smallest absolute Gasteiger partial charge is 0.454 e. The number of carbonyl (C=O) groups excluding carboxylic acids is 1. The Morgan fingerprint density at radius 2 is 1.81 bits per heavy atom. The summed E-state index contributed by atoms with van der Waals surface area (Å²) in [6, 6.07) is 1.32. The van der Waals surface area contributed by atoms with Gasteiger partial charge in [-0.3, -0.25) is 14.9 Å². The summed E-state index contributed by atoms with van der Waals surface area (Å²) >= 11 is 0. The van der Waals surface area contributed by atoms with E-state index < -0.39 is 28.1 Å². The van der Waals surface area contributed by atoms with Crippen molar-refractivity contribution in [1.29, 1.82) is 0 Å². The van der Waals surface area contributed by atoms with Crippen LogP contribution < -0.4 is 9.47 Å². The second-order valence-corrected chi connectivity index (χ2v) is 3.77. The van der Waals surface area contributed by atoms with Crippen LogP contribution in [0, 0.1) is 10.1 Å². The van der Waals surface area contributed by atoms with Gasteiger partial charge in [0.05, 0.1) is 18.1 Å². The Bertz CT molecular complexity index is 557. The standard InChI is InChI=1S/C12H12F3NO5/c1-3-20-9-6-7(11(17)12(13,14)15)5-8(16(18)19)10(9)21-4-2/h5-6H,3-4H2,1-2H3. The normalized spacial score (nSPS) is 11.1. The maximum absolute atomic E-state index is 12.4. The monoisotopic (exact) mass is 307 g/mol. The first kappa shape index (κ1) is 16.7. The van der Waals surface area contributed by atoms with Crippen LogP contribution in [0.4, 0.5) is 18.9 Å². The van der Waals surface area contributed by atoms with Gasteiger partial charge < -0.3 is 9.47 Å².